The highest BCUT2D eigenvalue weighted by atomic mass is 35.5. The molecule has 20 heavy (non-hydrogen) atoms. The second kappa shape index (κ2) is 6.79. The summed E-state index contributed by atoms with van der Waals surface area (Å²) in [6.07, 6.45) is 3.34. The smallest absolute Gasteiger partial charge is 0.137 e. The predicted molar refractivity (Wildman–Crippen MR) is 84.3 cm³/mol. The van der Waals surface area contributed by atoms with Crippen LogP contribution in [0.3, 0.4) is 0 Å². The van der Waals surface area contributed by atoms with Crippen LogP contribution in [0.4, 0.5) is 0 Å². The number of nitrogens with zero attached hydrogens (tertiary/aromatic N) is 1. The normalized spacial score (nSPS) is 23.8. The Morgan fingerprint density at radius 1 is 1.40 bits per heavy atom. The maximum atomic E-state index is 6.41. The molecule has 0 aliphatic carbocycles. The van der Waals surface area contributed by atoms with Gasteiger partial charge in [-0.25, -0.2) is 0 Å². The summed E-state index contributed by atoms with van der Waals surface area (Å²) in [7, 11) is 0. The lowest BCUT2D eigenvalue weighted by Crippen LogP contribution is -2.53. The van der Waals surface area contributed by atoms with Crippen LogP contribution in [0.5, 0.6) is 5.75 Å². The summed E-state index contributed by atoms with van der Waals surface area (Å²) >= 11 is 6.24. The van der Waals surface area contributed by atoms with Gasteiger partial charge in [0.25, 0.3) is 0 Å². The summed E-state index contributed by atoms with van der Waals surface area (Å²) in [6, 6.07) is 6.06. The van der Waals surface area contributed by atoms with Crippen molar-refractivity contribution in [2.75, 3.05) is 19.7 Å². The standard InChI is InChI=1S/C16H25ClN2O/c1-3-16(18)8-5-9-19(12-16)11-13-6-7-15(20-4-2)14(17)10-13/h6-7,10H,3-5,8-9,11-12,18H2,1-2H3/t16-/m1/s1. The summed E-state index contributed by atoms with van der Waals surface area (Å²) in [5.74, 6) is 0.762. The zero-order valence-electron chi connectivity index (χ0n) is 12.5. The molecule has 1 aliphatic heterocycles. The highest BCUT2D eigenvalue weighted by Crippen LogP contribution is 2.27. The van der Waals surface area contributed by atoms with E-state index in [0.29, 0.717) is 11.6 Å². The number of rotatable bonds is 5. The monoisotopic (exact) mass is 296 g/mol. The Morgan fingerprint density at radius 3 is 2.85 bits per heavy atom. The van der Waals surface area contributed by atoms with E-state index >= 15 is 0 Å². The van der Waals surface area contributed by atoms with Crippen molar-refractivity contribution in [3.8, 4) is 5.75 Å². The molecular weight excluding hydrogens is 272 g/mol. The summed E-state index contributed by atoms with van der Waals surface area (Å²) in [6.45, 7) is 7.77. The van der Waals surface area contributed by atoms with Gasteiger partial charge in [-0.1, -0.05) is 24.6 Å². The molecule has 0 amide bonds. The van der Waals surface area contributed by atoms with Gasteiger partial charge in [-0.2, -0.15) is 0 Å². The van der Waals surface area contributed by atoms with Gasteiger partial charge < -0.3 is 10.5 Å². The lowest BCUT2D eigenvalue weighted by Gasteiger charge is -2.39. The fourth-order valence-corrected chi connectivity index (χ4v) is 3.11. The van der Waals surface area contributed by atoms with Gasteiger partial charge >= 0.3 is 0 Å². The first-order valence-electron chi connectivity index (χ1n) is 7.49. The molecule has 2 N–H and O–H groups in total. The molecule has 1 fully saturated rings. The van der Waals surface area contributed by atoms with Crippen LogP contribution in [0.25, 0.3) is 0 Å². The molecule has 0 bridgehead atoms. The van der Waals surface area contributed by atoms with Gasteiger partial charge in [0.1, 0.15) is 5.75 Å². The van der Waals surface area contributed by atoms with Crippen LogP contribution < -0.4 is 10.5 Å². The van der Waals surface area contributed by atoms with Crippen LogP contribution in [0.1, 0.15) is 38.7 Å². The van der Waals surface area contributed by atoms with Gasteiger partial charge in [0, 0.05) is 18.6 Å². The summed E-state index contributed by atoms with van der Waals surface area (Å²) in [5.41, 5.74) is 7.61. The summed E-state index contributed by atoms with van der Waals surface area (Å²) in [4.78, 5) is 2.43. The van der Waals surface area contributed by atoms with Crippen molar-refractivity contribution < 1.29 is 4.74 Å². The molecule has 0 radical (unpaired) electrons. The number of likely N-dealkylation sites (tertiary alicyclic amines) is 1. The maximum absolute atomic E-state index is 6.41. The van der Waals surface area contributed by atoms with Gasteiger partial charge in [0.15, 0.2) is 0 Å². The molecule has 0 aromatic heterocycles. The largest absolute Gasteiger partial charge is 0.492 e. The van der Waals surface area contributed by atoms with Crippen molar-refractivity contribution in [1.29, 1.82) is 0 Å². The van der Waals surface area contributed by atoms with Crippen LogP contribution in [0.15, 0.2) is 18.2 Å². The van der Waals surface area contributed by atoms with Gasteiger partial charge in [0.2, 0.25) is 0 Å². The third kappa shape index (κ3) is 3.87. The zero-order chi connectivity index (χ0) is 14.6. The van der Waals surface area contributed by atoms with E-state index in [-0.39, 0.29) is 5.54 Å². The minimum absolute atomic E-state index is 0.0205. The van der Waals surface area contributed by atoms with Crippen LogP contribution in [0, 0.1) is 0 Å². The number of hydrogen-bond donors (Lipinski definition) is 1. The molecule has 1 heterocycles. The Kier molecular flexibility index (Phi) is 5.30. The minimum Gasteiger partial charge on any atom is -0.492 e. The first-order valence-corrected chi connectivity index (χ1v) is 7.86. The molecule has 4 heteroatoms. The van der Waals surface area contributed by atoms with Crippen molar-refractivity contribution in [3.05, 3.63) is 28.8 Å². The lowest BCUT2D eigenvalue weighted by atomic mass is 9.87. The average Bonchev–Trinajstić information content (AvgIpc) is 2.42. The van der Waals surface area contributed by atoms with E-state index in [1.54, 1.807) is 0 Å². The van der Waals surface area contributed by atoms with Crippen molar-refractivity contribution in [1.82, 2.24) is 4.90 Å². The number of ether oxygens (including phenoxy) is 1. The van der Waals surface area contributed by atoms with Crippen molar-refractivity contribution >= 4 is 11.6 Å². The SMILES string of the molecule is CCOc1ccc(CN2CCC[C@](N)(CC)C2)cc1Cl. The Bertz CT molecular complexity index is 452. The van der Waals surface area contributed by atoms with Crippen LogP contribution in [0.2, 0.25) is 5.02 Å². The van der Waals surface area contributed by atoms with Gasteiger partial charge in [-0.15, -0.1) is 0 Å². The second-order valence-electron chi connectivity index (χ2n) is 5.73. The molecule has 0 spiro atoms. The highest BCUT2D eigenvalue weighted by Gasteiger charge is 2.29. The highest BCUT2D eigenvalue weighted by molar-refractivity contribution is 6.32. The third-order valence-electron chi connectivity index (χ3n) is 4.09. The van der Waals surface area contributed by atoms with E-state index in [4.69, 9.17) is 22.1 Å². The Morgan fingerprint density at radius 2 is 2.20 bits per heavy atom. The van der Waals surface area contributed by atoms with Crippen molar-refractivity contribution in [2.24, 2.45) is 5.73 Å². The number of piperidine rings is 1. The second-order valence-corrected chi connectivity index (χ2v) is 6.14. The van der Waals surface area contributed by atoms with E-state index in [1.807, 2.05) is 19.1 Å². The Hall–Kier alpha value is -0.770. The van der Waals surface area contributed by atoms with E-state index in [1.165, 1.54) is 12.0 Å². The zero-order valence-corrected chi connectivity index (χ0v) is 13.2. The summed E-state index contributed by atoms with van der Waals surface area (Å²) in [5, 5.41) is 0.691. The van der Waals surface area contributed by atoms with Gasteiger partial charge in [-0.05, 0) is 50.4 Å². The van der Waals surface area contributed by atoms with E-state index < -0.39 is 0 Å². The molecule has 0 saturated carbocycles. The number of halogens is 1. The van der Waals surface area contributed by atoms with E-state index in [0.717, 1.165) is 38.2 Å². The third-order valence-corrected chi connectivity index (χ3v) is 4.39. The Labute approximate surface area is 127 Å². The number of benzene rings is 1. The van der Waals surface area contributed by atoms with Gasteiger partial charge in [0.05, 0.1) is 11.6 Å². The first-order chi connectivity index (χ1) is 9.56. The first kappa shape index (κ1) is 15.6. The van der Waals surface area contributed by atoms with Crippen molar-refractivity contribution in [3.63, 3.8) is 0 Å². The molecule has 2 rings (SSSR count). The van der Waals surface area contributed by atoms with Crippen LogP contribution in [-0.2, 0) is 6.54 Å². The quantitative estimate of drug-likeness (QED) is 0.904. The summed E-state index contributed by atoms with van der Waals surface area (Å²) < 4.78 is 5.47. The van der Waals surface area contributed by atoms with Gasteiger partial charge in [-0.3, -0.25) is 4.90 Å². The molecule has 1 aromatic carbocycles. The molecule has 3 nitrogen and oxygen atoms in total. The number of nitrogens with two attached hydrogens (primary N) is 1. The topological polar surface area (TPSA) is 38.5 Å². The molecule has 112 valence electrons. The van der Waals surface area contributed by atoms with Crippen molar-refractivity contribution in [2.45, 2.75) is 45.2 Å². The fraction of sp³-hybridized carbons (Fsp3) is 0.625. The molecule has 1 aromatic rings. The fourth-order valence-electron chi connectivity index (χ4n) is 2.86. The van der Waals surface area contributed by atoms with Crippen LogP contribution >= 0.6 is 11.6 Å². The lowest BCUT2D eigenvalue weighted by molar-refractivity contribution is 0.140. The predicted octanol–water partition coefficient (Wildman–Crippen LogP) is 3.44. The molecule has 1 aliphatic rings. The minimum atomic E-state index is -0.0205. The maximum Gasteiger partial charge on any atom is 0.137 e. The van der Waals surface area contributed by atoms with E-state index in [9.17, 15) is 0 Å². The van der Waals surface area contributed by atoms with E-state index in [2.05, 4.69) is 17.9 Å². The molecule has 1 atom stereocenters. The molecule has 1 saturated heterocycles. The molecule has 0 unspecified atom stereocenters. The Balaban J connectivity index is 2.01. The molecular formula is C16H25ClN2O. The van der Waals surface area contributed by atoms with Crippen LogP contribution in [-0.4, -0.2) is 30.1 Å². The number of hydrogen-bond acceptors (Lipinski definition) is 3. The average molecular weight is 297 g/mol.